The van der Waals surface area contributed by atoms with E-state index >= 15 is 0 Å². The number of methoxy groups -OCH3 is 1. The van der Waals surface area contributed by atoms with Gasteiger partial charge in [0.15, 0.2) is 17.1 Å². The maximum Gasteiger partial charge on any atom is 0.240 e. The minimum absolute atomic E-state index is 0.000566. The summed E-state index contributed by atoms with van der Waals surface area (Å²) in [5, 5.41) is 10.2. The Hall–Kier alpha value is -2.57. The van der Waals surface area contributed by atoms with Crippen LogP contribution in [-0.4, -0.2) is 52.9 Å². The number of imidazole rings is 1. The molecule has 0 fully saturated rings. The van der Waals surface area contributed by atoms with Crippen molar-refractivity contribution in [3.05, 3.63) is 24.5 Å². The van der Waals surface area contributed by atoms with Gasteiger partial charge in [0.25, 0.3) is 0 Å². The van der Waals surface area contributed by atoms with E-state index in [1.165, 1.54) is 43.4 Å². The third-order valence-corrected chi connectivity index (χ3v) is 5.80. The van der Waals surface area contributed by atoms with Crippen molar-refractivity contribution in [3.63, 3.8) is 0 Å². The highest BCUT2D eigenvalue weighted by atomic mass is 32.2. The van der Waals surface area contributed by atoms with Crippen molar-refractivity contribution < 1.29 is 18.3 Å². The minimum atomic E-state index is -3.74. The molecule has 3 rings (SSSR count). The number of phenols is 1. The molecule has 3 aromatic rings. The van der Waals surface area contributed by atoms with Crippen molar-refractivity contribution in [1.29, 1.82) is 0 Å². The summed E-state index contributed by atoms with van der Waals surface area (Å²) in [4.78, 5) is 15.1. The third-order valence-electron chi connectivity index (χ3n) is 3.36. The van der Waals surface area contributed by atoms with E-state index in [9.17, 15) is 13.5 Å². The number of anilines is 1. The van der Waals surface area contributed by atoms with Gasteiger partial charge in [-0.05, 0) is 12.1 Å². The fourth-order valence-corrected chi connectivity index (χ4v) is 4.19. The summed E-state index contributed by atoms with van der Waals surface area (Å²) in [6, 6.07) is 3.82. The fourth-order valence-electron chi connectivity index (χ4n) is 2.16. The molecule has 138 valence electrons. The lowest BCUT2D eigenvalue weighted by Crippen LogP contribution is -2.26. The Balaban J connectivity index is 1.64. The van der Waals surface area contributed by atoms with Gasteiger partial charge < -0.3 is 20.6 Å². The van der Waals surface area contributed by atoms with E-state index in [-0.39, 0.29) is 28.9 Å². The molecule has 0 aliphatic carbocycles. The van der Waals surface area contributed by atoms with Gasteiger partial charge in [-0.15, -0.1) is 11.8 Å². The number of hydrogen-bond donors (Lipinski definition) is 4. The van der Waals surface area contributed by atoms with Gasteiger partial charge in [-0.1, -0.05) is 0 Å². The van der Waals surface area contributed by atoms with E-state index in [0.717, 1.165) is 0 Å². The lowest BCUT2D eigenvalue weighted by atomic mass is 10.3. The summed E-state index contributed by atoms with van der Waals surface area (Å²) in [5.41, 5.74) is 6.74. The van der Waals surface area contributed by atoms with E-state index in [1.807, 2.05) is 0 Å². The van der Waals surface area contributed by atoms with Crippen LogP contribution in [0.15, 0.2) is 34.4 Å². The molecule has 10 nitrogen and oxygen atoms in total. The number of rotatable bonds is 7. The molecule has 2 aromatic heterocycles. The van der Waals surface area contributed by atoms with Crippen molar-refractivity contribution in [2.24, 2.45) is 0 Å². The number of ether oxygens (including phenoxy) is 1. The summed E-state index contributed by atoms with van der Waals surface area (Å²) < 4.78 is 32.1. The number of H-pyrrole nitrogens is 1. The van der Waals surface area contributed by atoms with Crippen LogP contribution in [0.3, 0.4) is 0 Å². The highest BCUT2D eigenvalue weighted by molar-refractivity contribution is 7.99. The lowest BCUT2D eigenvalue weighted by Gasteiger charge is -2.09. The number of benzene rings is 1. The molecule has 0 amide bonds. The number of nitrogens with one attached hydrogen (secondary N) is 2. The molecule has 2 heterocycles. The van der Waals surface area contributed by atoms with Crippen LogP contribution in [0.2, 0.25) is 0 Å². The van der Waals surface area contributed by atoms with Crippen molar-refractivity contribution in [2.45, 2.75) is 9.92 Å². The van der Waals surface area contributed by atoms with Gasteiger partial charge in [-0.2, -0.15) is 4.98 Å². The Bertz CT molecular complexity index is 1040. The predicted molar refractivity (Wildman–Crippen MR) is 96.7 cm³/mol. The van der Waals surface area contributed by atoms with Crippen LogP contribution < -0.4 is 15.2 Å². The largest absolute Gasteiger partial charge is 0.504 e. The molecule has 0 saturated heterocycles. The summed E-state index contributed by atoms with van der Waals surface area (Å²) >= 11 is 1.32. The van der Waals surface area contributed by atoms with Crippen molar-refractivity contribution in [1.82, 2.24) is 24.7 Å². The van der Waals surface area contributed by atoms with Crippen molar-refractivity contribution in [3.8, 4) is 11.5 Å². The first-order chi connectivity index (χ1) is 12.4. The first-order valence-electron chi connectivity index (χ1n) is 7.37. The highest BCUT2D eigenvalue weighted by Crippen LogP contribution is 2.28. The predicted octanol–water partition coefficient (Wildman–Crippen LogP) is 0.720. The summed E-state index contributed by atoms with van der Waals surface area (Å²) in [6.07, 6.45) is 1.49. The maximum absolute atomic E-state index is 12.3. The lowest BCUT2D eigenvalue weighted by molar-refractivity contribution is 0.372. The molecular weight excluding hydrogens is 380 g/mol. The van der Waals surface area contributed by atoms with Gasteiger partial charge in [-0.3, -0.25) is 0 Å². The quantitative estimate of drug-likeness (QED) is 0.257. The molecule has 0 aliphatic heterocycles. The average Bonchev–Trinajstić information content (AvgIpc) is 3.07. The van der Waals surface area contributed by atoms with Crippen LogP contribution in [0, 0.1) is 0 Å². The van der Waals surface area contributed by atoms with E-state index < -0.39 is 10.0 Å². The molecule has 0 saturated carbocycles. The molecule has 0 radical (unpaired) electrons. The molecule has 0 spiro atoms. The number of nitrogen functional groups attached to an aromatic ring is 1. The second-order valence-electron chi connectivity index (χ2n) is 5.07. The van der Waals surface area contributed by atoms with Gasteiger partial charge in [-0.25, -0.2) is 23.1 Å². The molecule has 0 bridgehead atoms. The fraction of sp³-hybridized carbons (Fsp3) is 0.214. The number of fused-ring (bicyclic) bond motifs is 1. The molecule has 0 aliphatic rings. The van der Waals surface area contributed by atoms with Crippen LogP contribution in [0.25, 0.3) is 11.2 Å². The molecular formula is C14H16N6O4S2. The molecule has 0 atom stereocenters. The SMILES string of the molecule is COc1cc(S(=O)(=O)NCCSc2nc(N)nc3nc[nH]c23)ccc1O. The van der Waals surface area contributed by atoms with Crippen LogP contribution in [0.4, 0.5) is 5.95 Å². The number of nitrogens with two attached hydrogens (primary N) is 1. The smallest absolute Gasteiger partial charge is 0.240 e. The zero-order valence-corrected chi connectivity index (χ0v) is 15.3. The first kappa shape index (κ1) is 18.2. The number of thioether (sulfide) groups is 1. The van der Waals surface area contributed by atoms with Gasteiger partial charge in [0.05, 0.1) is 18.3 Å². The van der Waals surface area contributed by atoms with Crippen LogP contribution in [0.5, 0.6) is 11.5 Å². The molecule has 1 aromatic carbocycles. The molecule has 12 heteroatoms. The summed E-state index contributed by atoms with van der Waals surface area (Å²) in [5.74, 6) is 0.468. The van der Waals surface area contributed by atoms with Crippen molar-refractivity contribution >= 4 is 38.9 Å². The Labute approximate surface area is 153 Å². The number of aromatic hydroxyl groups is 1. The van der Waals surface area contributed by atoms with Gasteiger partial charge in [0, 0.05) is 18.4 Å². The number of phenolic OH excluding ortho intramolecular Hbond substituents is 1. The van der Waals surface area contributed by atoms with Gasteiger partial charge in [0.1, 0.15) is 10.5 Å². The third kappa shape index (κ3) is 3.81. The monoisotopic (exact) mass is 396 g/mol. The maximum atomic E-state index is 12.3. The Kier molecular flexibility index (Phi) is 5.15. The Morgan fingerprint density at radius 1 is 1.38 bits per heavy atom. The summed E-state index contributed by atoms with van der Waals surface area (Å²) in [7, 11) is -2.39. The molecule has 0 unspecified atom stereocenters. The Morgan fingerprint density at radius 3 is 2.96 bits per heavy atom. The topological polar surface area (TPSA) is 156 Å². The second kappa shape index (κ2) is 7.35. The number of aromatic amines is 1. The number of nitrogens with zero attached hydrogens (tertiary/aromatic N) is 3. The zero-order valence-electron chi connectivity index (χ0n) is 13.6. The van der Waals surface area contributed by atoms with Gasteiger partial charge in [0.2, 0.25) is 16.0 Å². The van der Waals surface area contributed by atoms with E-state index in [2.05, 4.69) is 24.7 Å². The first-order valence-corrected chi connectivity index (χ1v) is 9.83. The number of hydrogen-bond acceptors (Lipinski definition) is 9. The minimum Gasteiger partial charge on any atom is -0.504 e. The number of sulfonamides is 1. The van der Waals surface area contributed by atoms with Crippen LogP contribution in [-0.2, 0) is 10.0 Å². The normalized spacial score (nSPS) is 11.7. The zero-order chi connectivity index (χ0) is 18.7. The molecule has 26 heavy (non-hydrogen) atoms. The van der Waals surface area contributed by atoms with Crippen LogP contribution >= 0.6 is 11.8 Å². The standard InChI is InChI=1S/C14H16N6O4S2/c1-24-10-6-8(2-3-9(10)21)26(22,23)18-4-5-25-13-11-12(17-7-16-11)19-14(15)20-13/h2-3,6-7,18,21H,4-5H2,1H3,(H3,15,16,17,19,20). The van der Waals surface area contributed by atoms with E-state index in [4.69, 9.17) is 10.5 Å². The van der Waals surface area contributed by atoms with Crippen molar-refractivity contribution in [2.75, 3.05) is 25.1 Å². The second-order valence-corrected chi connectivity index (χ2v) is 7.92. The average molecular weight is 396 g/mol. The molecule has 5 N–H and O–H groups in total. The number of aromatic nitrogens is 4. The van der Waals surface area contributed by atoms with E-state index in [1.54, 1.807) is 0 Å². The van der Waals surface area contributed by atoms with E-state index in [0.29, 0.717) is 21.9 Å². The van der Waals surface area contributed by atoms with Crippen LogP contribution in [0.1, 0.15) is 0 Å². The Morgan fingerprint density at radius 2 is 2.19 bits per heavy atom. The summed E-state index contributed by atoms with van der Waals surface area (Å²) in [6.45, 7) is 0.162. The highest BCUT2D eigenvalue weighted by Gasteiger charge is 2.16. The van der Waals surface area contributed by atoms with Gasteiger partial charge >= 0.3 is 0 Å².